The lowest BCUT2D eigenvalue weighted by atomic mass is 10.1. The standard InChI is InChI=1S/C17H15N3O3/c21-17-4-2-1-3-14(17)16-11-15(18-9-10-19-16)12-5-7-13(8-6-12)20(22)23/h1-8,11,19,21H,9-10H2. The van der Waals surface area contributed by atoms with Crippen molar-refractivity contribution in [3.8, 4) is 5.75 Å². The summed E-state index contributed by atoms with van der Waals surface area (Å²) in [6, 6.07) is 13.4. The average molecular weight is 309 g/mol. The number of hydrogen-bond acceptors (Lipinski definition) is 5. The maximum absolute atomic E-state index is 10.7. The molecule has 1 heterocycles. The van der Waals surface area contributed by atoms with Gasteiger partial charge in [-0.05, 0) is 30.3 Å². The lowest BCUT2D eigenvalue weighted by Crippen LogP contribution is -2.14. The van der Waals surface area contributed by atoms with E-state index in [4.69, 9.17) is 0 Å². The van der Waals surface area contributed by atoms with Gasteiger partial charge < -0.3 is 10.4 Å². The average Bonchev–Trinajstić information content (AvgIpc) is 2.81. The van der Waals surface area contributed by atoms with Crippen molar-refractivity contribution in [2.75, 3.05) is 13.1 Å². The van der Waals surface area contributed by atoms with Gasteiger partial charge in [-0.2, -0.15) is 0 Å². The Labute approximate surface area is 133 Å². The molecule has 0 saturated carbocycles. The molecular formula is C17H15N3O3. The van der Waals surface area contributed by atoms with E-state index in [1.54, 1.807) is 24.3 Å². The molecule has 0 amide bonds. The molecule has 3 rings (SSSR count). The smallest absolute Gasteiger partial charge is 0.269 e. The number of allylic oxidation sites excluding steroid dienone is 1. The van der Waals surface area contributed by atoms with E-state index in [1.807, 2.05) is 18.2 Å². The molecule has 23 heavy (non-hydrogen) atoms. The number of para-hydroxylation sites is 1. The molecule has 6 heteroatoms. The predicted octanol–water partition coefficient (Wildman–Crippen LogP) is 2.73. The van der Waals surface area contributed by atoms with Crippen LogP contribution in [0.5, 0.6) is 5.75 Å². The van der Waals surface area contributed by atoms with E-state index in [0.717, 1.165) is 17.0 Å². The van der Waals surface area contributed by atoms with Crippen molar-refractivity contribution in [3.63, 3.8) is 0 Å². The molecule has 2 N–H and O–H groups in total. The van der Waals surface area contributed by atoms with Crippen molar-refractivity contribution in [1.29, 1.82) is 0 Å². The van der Waals surface area contributed by atoms with Gasteiger partial charge in [0.25, 0.3) is 5.69 Å². The monoisotopic (exact) mass is 309 g/mol. The maximum atomic E-state index is 10.7. The summed E-state index contributed by atoms with van der Waals surface area (Å²) in [6.45, 7) is 1.23. The minimum absolute atomic E-state index is 0.0472. The first kappa shape index (κ1) is 14.8. The zero-order valence-electron chi connectivity index (χ0n) is 12.3. The molecular weight excluding hydrogens is 294 g/mol. The highest BCUT2D eigenvalue weighted by Gasteiger charge is 2.13. The van der Waals surface area contributed by atoms with Crippen LogP contribution in [0.4, 0.5) is 5.69 Å². The second-order valence-corrected chi connectivity index (χ2v) is 5.07. The molecule has 1 aliphatic rings. The Morgan fingerprint density at radius 1 is 1.13 bits per heavy atom. The number of nitrogens with zero attached hydrogens (tertiary/aromatic N) is 2. The second-order valence-electron chi connectivity index (χ2n) is 5.07. The van der Waals surface area contributed by atoms with Crippen LogP contribution < -0.4 is 5.32 Å². The Bertz CT molecular complexity index is 795. The van der Waals surface area contributed by atoms with Crippen molar-refractivity contribution in [3.05, 3.63) is 75.8 Å². The minimum Gasteiger partial charge on any atom is -0.507 e. The van der Waals surface area contributed by atoms with Crippen LogP contribution in [0.1, 0.15) is 11.1 Å². The normalized spacial score (nSPS) is 14.3. The van der Waals surface area contributed by atoms with E-state index in [-0.39, 0.29) is 11.4 Å². The molecule has 2 aromatic rings. The third-order valence-corrected chi connectivity index (χ3v) is 3.56. The number of phenols is 1. The van der Waals surface area contributed by atoms with Crippen LogP contribution in [0.3, 0.4) is 0 Å². The van der Waals surface area contributed by atoms with Crippen molar-refractivity contribution in [1.82, 2.24) is 5.32 Å². The lowest BCUT2D eigenvalue weighted by molar-refractivity contribution is -0.384. The Hall–Kier alpha value is -3.15. The molecule has 0 spiro atoms. The molecule has 0 unspecified atom stereocenters. The van der Waals surface area contributed by atoms with Gasteiger partial charge in [0.15, 0.2) is 0 Å². The maximum Gasteiger partial charge on any atom is 0.269 e. The number of benzene rings is 2. The van der Waals surface area contributed by atoms with Crippen LogP contribution in [0, 0.1) is 10.1 Å². The zero-order chi connectivity index (χ0) is 16.2. The predicted molar refractivity (Wildman–Crippen MR) is 88.6 cm³/mol. The highest BCUT2D eigenvalue weighted by Crippen LogP contribution is 2.24. The summed E-state index contributed by atoms with van der Waals surface area (Å²) in [5.74, 6) is 0.191. The van der Waals surface area contributed by atoms with E-state index >= 15 is 0 Å². The van der Waals surface area contributed by atoms with E-state index in [9.17, 15) is 15.2 Å². The molecule has 116 valence electrons. The first-order valence-electron chi connectivity index (χ1n) is 7.18. The number of nitrogens with one attached hydrogen (secondary N) is 1. The van der Waals surface area contributed by atoms with Crippen LogP contribution in [-0.2, 0) is 0 Å². The molecule has 0 saturated heterocycles. The Balaban J connectivity index is 1.97. The Kier molecular flexibility index (Phi) is 4.05. The summed E-state index contributed by atoms with van der Waals surface area (Å²) in [4.78, 5) is 14.8. The molecule has 1 aliphatic heterocycles. The van der Waals surface area contributed by atoms with E-state index < -0.39 is 4.92 Å². The van der Waals surface area contributed by atoms with Crippen LogP contribution in [0.25, 0.3) is 5.70 Å². The quantitative estimate of drug-likeness (QED) is 0.674. The number of rotatable bonds is 3. The number of aliphatic imine (C=N–C) groups is 1. The largest absolute Gasteiger partial charge is 0.507 e. The second kappa shape index (κ2) is 6.31. The number of nitro benzene ring substituents is 1. The van der Waals surface area contributed by atoms with Crippen molar-refractivity contribution < 1.29 is 10.0 Å². The lowest BCUT2D eigenvalue weighted by Gasteiger charge is -2.10. The number of aromatic hydroxyl groups is 1. The van der Waals surface area contributed by atoms with E-state index in [0.29, 0.717) is 18.7 Å². The van der Waals surface area contributed by atoms with Crippen LogP contribution >= 0.6 is 0 Å². The van der Waals surface area contributed by atoms with Crippen LogP contribution in [-0.4, -0.2) is 28.8 Å². The summed E-state index contributed by atoms with van der Waals surface area (Å²) in [7, 11) is 0. The van der Waals surface area contributed by atoms with Gasteiger partial charge >= 0.3 is 0 Å². The van der Waals surface area contributed by atoms with Crippen LogP contribution in [0.2, 0.25) is 0 Å². The van der Waals surface area contributed by atoms with Gasteiger partial charge in [0.2, 0.25) is 0 Å². The zero-order valence-corrected chi connectivity index (χ0v) is 12.3. The third-order valence-electron chi connectivity index (χ3n) is 3.56. The minimum atomic E-state index is -0.427. The topological polar surface area (TPSA) is 87.8 Å². The van der Waals surface area contributed by atoms with E-state index in [1.165, 1.54) is 12.1 Å². The summed E-state index contributed by atoms with van der Waals surface area (Å²) < 4.78 is 0. The summed E-state index contributed by atoms with van der Waals surface area (Å²) in [5, 5.41) is 24.0. The Morgan fingerprint density at radius 3 is 2.57 bits per heavy atom. The molecule has 0 atom stereocenters. The van der Waals surface area contributed by atoms with Gasteiger partial charge in [-0.3, -0.25) is 15.1 Å². The van der Waals surface area contributed by atoms with Gasteiger partial charge in [0.05, 0.1) is 17.2 Å². The number of phenolic OH excluding ortho intramolecular Hbond substituents is 1. The fourth-order valence-corrected chi connectivity index (χ4v) is 2.40. The number of non-ortho nitro benzene ring substituents is 1. The van der Waals surface area contributed by atoms with Gasteiger partial charge in [0, 0.05) is 35.5 Å². The van der Waals surface area contributed by atoms with E-state index in [2.05, 4.69) is 10.3 Å². The van der Waals surface area contributed by atoms with Gasteiger partial charge in [0.1, 0.15) is 5.75 Å². The molecule has 0 aliphatic carbocycles. The van der Waals surface area contributed by atoms with Crippen molar-refractivity contribution >= 4 is 17.1 Å². The Morgan fingerprint density at radius 2 is 1.87 bits per heavy atom. The van der Waals surface area contributed by atoms with Crippen LogP contribution in [0.15, 0.2) is 59.6 Å². The van der Waals surface area contributed by atoms with Gasteiger partial charge in [-0.15, -0.1) is 0 Å². The molecule has 6 nitrogen and oxygen atoms in total. The fraction of sp³-hybridized carbons (Fsp3) is 0.118. The molecule has 0 radical (unpaired) electrons. The molecule has 0 bridgehead atoms. The molecule has 0 fully saturated rings. The highest BCUT2D eigenvalue weighted by atomic mass is 16.6. The first-order valence-corrected chi connectivity index (χ1v) is 7.18. The molecule has 0 aromatic heterocycles. The van der Waals surface area contributed by atoms with Crippen molar-refractivity contribution in [2.24, 2.45) is 4.99 Å². The highest BCUT2D eigenvalue weighted by molar-refractivity contribution is 6.12. The SMILES string of the molecule is O=[N+]([O-])c1ccc(C2=NCCNC(c3ccccc3O)=C2)cc1. The van der Waals surface area contributed by atoms with Crippen molar-refractivity contribution in [2.45, 2.75) is 0 Å². The number of hydrogen-bond donors (Lipinski definition) is 2. The molecule has 2 aromatic carbocycles. The summed E-state index contributed by atoms with van der Waals surface area (Å²) >= 11 is 0. The van der Waals surface area contributed by atoms with Gasteiger partial charge in [-0.1, -0.05) is 12.1 Å². The summed E-state index contributed by atoms with van der Waals surface area (Å²) in [5.41, 5.74) is 3.04. The third kappa shape index (κ3) is 3.21. The summed E-state index contributed by atoms with van der Waals surface area (Å²) in [6.07, 6.45) is 1.85. The number of nitro groups is 1. The first-order chi connectivity index (χ1) is 11.1. The van der Waals surface area contributed by atoms with Gasteiger partial charge in [-0.25, -0.2) is 0 Å². The fourth-order valence-electron chi connectivity index (χ4n) is 2.40.